The van der Waals surface area contributed by atoms with Gasteiger partial charge in [-0.15, -0.1) is 0 Å². The molecule has 34 heavy (non-hydrogen) atoms. The van der Waals surface area contributed by atoms with Gasteiger partial charge in [-0.05, 0) is 24.6 Å². The van der Waals surface area contributed by atoms with E-state index in [0.717, 1.165) is 6.08 Å². The maximum atomic E-state index is 12.7. The summed E-state index contributed by atoms with van der Waals surface area (Å²) in [5, 5.41) is 5.16. The second-order valence-corrected chi connectivity index (χ2v) is 6.91. The normalized spacial score (nSPS) is 15.6. The molecule has 1 aliphatic rings. The van der Waals surface area contributed by atoms with Gasteiger partial charge in [-0.1, -0.05) is 48.5 Å². The molecule has 178 valence electrons. The second-order valence-electron chi connectivity index (χ2n) is 6.91. The number of nitrogens with one attached hydrogen (secondary N) is 2. The molecule has 0 aromatic heterocycles. The Balaban J connectivity index is 1.80. The van der Waals surface area contributed by atoms with E-state index in [2.05, 4.69) is 15.4 Å². The highest BCUT2D eigenvalue weighted by atomic mass is 19.3. The molecule has 0 aliphatic carbocycles. The van der Waals surface area contributed by atoms with E-state index in [1.807, 2.05) is 0 Å². The topological polar surface area (TPSA) is 103 Å². The number of benzene rings is 2. The van der Waals surface area contributed by atoms with E-state index in [1.165, 1.54) is 24.3 Å². The molecule has 2 amide bonds. The summed E-state index contributed by atoms with van der Waals surface area (Å²) in [7, 11) is 0. The standard InChI is InChI=1S/C24H22F2N2O6/c1-2-32-22(30)20-17(27-24(31)28-21(20)16-9-4-3-5-10-16)14-33-19(29)13-12-15-8-6-7-11-18(15)34-23(25)26/h3-13,21,23H,2,14H2,1H3,(H2,27,28,31)/b13-12+/t21-/m0/s1. The summed E-state index contributed by atoms with van der Waals surface area (Å²) in [4.78, 5) is 37.2. The zero-order valence-corrected chi connectivity index (χ0v) is 18.1. The summed E-state index contributed by atoms with van der Waals surface area (Å²) in [5.41, 5.74) is 1.05. The zero-order chi connectivity index (χ0) is 24.5. The minimum atomic E-state index is -3.02. The number of halogens is 2. The molecule has 0 unspecified atom stereocenters. The Morgan fingerprint density at radius 2 is 1.76 bits per heavy atom. The van der Waals surface area contributed by atoms with Crippen molar-refractivity contribution < 1.29 is 37.4 Å². The average molecular weight is 472 g/mol. The summed E-state index contributed by atoms with van der Waals surface area (Å²) in [6, 6.07) is 13.3. The largest absolute Gasteiger partial charge is 0.463 e. The number of rotatable bonds is 9. The lowest BCUT2D eigenvalue weighted by Crippen LogP contribution is -2.47. The molecule has 0 spiro atoms. The SMILES string of the molecule is CCOC(=O)C1=C(COC(=O)/C=C/c2ccccc2OC(F)F)NC(=O)N[C@H]1c1ccccc1. The molecule has 0 saturated carbocycles. The van der Waals surface area contributed by atoms with E-state index in [1.54, 1.807) is 43.3 Å². The van der Waals surface area contributed by atoms with Crippen LogP contribution in [-0.2, 0) is 19.1 Å². The van der Waals surface area contributed by atoms with Crippen LogP contribution in [0, 0.1) is 0 Å². The summed E-state index contributed by atoms with van der Waals surface area (Å²) in [5.74, 6) is -1.61. The average Bonchev–Trinajstić information content (AvgIpc) is 2.82. The van der Waals surface area contributed by atoms with Crippen LogP contribution in [-0.4, -0.2) is 37.8 Å². The number of esters is 2. The summed E-state index contributed by atoms with van der Waals surface area (Å²) < 4.78 is 39.8. The first-order chi connectivity index (χ1) is 16.4. The van der Waals surface area contributed by atoms with Crippen LogP contribution in [0.3, 0.4) is 0 Å². The van der Waals surface area contributed by atoms with Gasteiger partial charge in [-0.25, -0.2) is 14.4 Å². The monoisotopic (exact) mass is 472 g/mol. The quantitative estimate of drug-likeness (QED) is 0.426. The van der Waals surface area contributed by atoms with Crippen molar-refractivity contribution in [2.24, 2.45) is 0 Å². The first kappa shape index (κ1) is 24.4. The number of ether oxygens (including phenoxy) is 3. The Hall–Kier alpha value is -4.21. The summed E-state index contributed by atoms with van der Waals surface area (Å²) in [6.45, 7) is -1.70. The Bertz CT molecular complexity index is 1100. The number of para-hydroxylation sites is 1. The first-order valence-electron chi connectivity index (χ1n) is 10.3. The van der Waals surface area contributed by atoms with Crippen LogP contribution in [0.4, 0.5) is 13.6 Å². The number of hydrogen-bond acceptors (Lipinski definition) is 6. The summed E-state index contributed by atoms with van der Waals surface area (Å²) in [6.07, 6.45) is 2.28. The van der Waals surface area contributed by atoms with E-state index in [0.29, 0.717) is 5.56 Å². The van der Waals surface area contributed by atoms with Crippen LogP contribution < -0.4 is 15.4 Å². The number of carbonyl (C=O) groups is 3. The molecule has 1 atom stereocenters. The van der Waals surface area contributed by atoms with Crippen LogP contribution in [0.1, 0.15) is 24.1 Å². The van der Waals surface area contributed by atoms with Gasteiger partial charge >= 0.3 is 24.6 Å². The highest BCUT2D eigenvalue weighted by molar-refractivity contribution is 5.95. The molecule has 2 aromatic carbocycles. The van der Waals surface area contributed by atoms with Crippen molar-refractivity contribution >= 4 is 24.0 Å². The molecule has 8 nitrogen and oxygen atoms in total. The molecule has 1 aliphatic heterocycles. The zero-order valence-electron chi connectivity index (χ0n) is 18.1. The Morgan fingerprint density at radius 1 is 1.06 bits per heavy atom. The molecule has 2 aromatic rings. The van der Waals surface area contributed by atoms with Crippen molar-refractivity contribution in [3.63, 3.8) is 0 Å². The second kappa shape index (κ2) is 11.6. The molecule has 0 fully saturated rings. The first-order valence-corrected chi connectivity index (χ1v) is 10.3. The highest BCUT2D eigenvalue weighted by Crippen LogP contribution is 2.28. The fourth-order valence-electron chi connectivity index (χ4n) is 3.25. The van der Waals surface area contributed by atoms with Gasteiger partial charge in [0.05, 0.1) is 23.9 Å². The lowest BCUT2D eigenvalue weighted by molar-refractivity contribution is -0.140. The van der Waals surface area contributed by atoms with Gasteiger partial charge in [-0.2, -0.15) is 8.78 Å². The van der Waals surface area contributed by atoms with E-state index < -0.39 is 37.2 Å². The van der Waals surface area contributed by atoms with E-state index in [4.69, 9.17) is 9.47 Å². The fraction of sp³-hybridized carbons (Fsp3) is 0.208. The van der Waals surface area contributed by atoms with Crippen LogP contribution in [0.25, 0.3) is 6.08 Å². The molecule has 2 N–H and O–H groups in total. The lowest BCUT2D eigenvalue weighted by atomic mass is 9.95. The Morgan fingerprint density at radius 3 is 2.47 bits per heavy atom. The minimum Gasteiger partial charge on any atom is -0.463 e. The smallest absolute Gasteiger partial charge is 0.387 e. The van der Waals surface area contributed by atoms with E-state index >= 15 is 0 Å². The minimum absolute atomic E-state index is 0.0687. The number of carbonyl (C=O) groups excluding carboxylic acids is 3. The third kappa shape index (κ3) is 6.41. The maximum absolute atomic E-state index is 12.7. The van der Waals surface area contributed by atoms with E-state index in [-0.39, 0.29) is 29.2 Å². The molecule has 0 saturated heterocycles. The number of alkyl halides is 2. The van der Waals surface area contributed by atoms with Crippen molar-refractivity contribution in [2.45, 2.75) is 19.6 Å². The van der Waals surface area contributed by atoms with Gasteiger partial charge in [0.1, 0.15) is 12.4 Å². The molecule has 3 rings (SSSR count). The lowest BCUT2D eigenvalue weighted by Gasteiger charge is -2.29. The van der Waals surface area contributed by atoms with Crippen molar-refractivity contribution in [3.8, 4) is 5.75 Å². The Labute approximate surface area is 194 Å². The number of hydrogen-bond donors (Lipinski definition) is 2. The molecule has 1 heterocycles. The fourth-order valence-corrected chi connectivity index (χ4v) is 3.25. The molecule has 10 heteroatoms. The van der Waals surface area contributed by atoms with Crippen molar-refractivity contribution in [1.29, 1.82) is 0 Å². The van der Waals surface area contributed by atoms with Gasteiger partial charge in [0.25, 0.3) is 0 Å². The molecule has 0 radical (unpaired) electrons. The van der Waals surface area contributed by atoms with Gasteiger partial charge in [0.2, 0.25) is 0 Å². The maximum Gasteiger partial charge on any atom is 0.387 e. The van der Waals surface area contributed by atoms with Gasteiger partial charge in [-0.3, -0.25) is 0 Å². The molecular weight excluding hydrogens is 450 g/mol. The van der Waals surface area contributed by atoms with Crippen LogP contribution in [0.5, 0.6) is 5.75 Å². The molecule has 0 bridgehead atoms. The van der Waals surface area contributed by atoms with Gasteiger partial charge in [0.15, 0.2) is 0 Å². The van der Waals surface area contributed by atoms with Crippen molar-refractivity contribution in [3.05, 3.63) is 83.1 Å². The third-order valence-electron chi connectivity index (χ3n) is 4.67. The van der Waals surface area contributed by atoms with Gasteiger partial charge < -0.3 is 24.8 Å². The van der Waals surface area contributed by atoms with E-state index in [9.17, 15) is 23.2 Å². The third-order valence-corrected chi connectivity index (χ3v) is 4.67. The Kier molecular flexibility index (Phi) is 8.33. The van der Waals surface area contributed by atoms with Crippen LogP contribution in [0.2, 0.25) is 0 Å². The predicted octanol–water partition coefficient (Wildman–Crippen LogP) is 3.72. The number of urea groups is 1. The van der Waals surface area contributed by atoms with Crippen LogP contribution in [0.15, 0.2) is 71.9 Å². The van der Waals surface area contributed by atoms with Crippen molar-refractivity contribution in [2.75, 3.05) is 13.2 Å². The highest BCUT2D eigenvalue weighted by Gasteiger charge is 2.34. The van der Waals surface area contributed by atoms with Gasteiger partial charge in [0, 0.05) is 11.6 Å². The summed E-state index contributed by atoms with van der Waals surface area (Å²) >= 11 is 0. The molecular formula is C24H22F2N2O6. The van der Waals surface area contributed by atoms with Crippen LogP contribution >= 0.6 is 0 Å². The predicted molar refractivity (Wildman–Crippen MR) is 118 cm³/mol. The number of amides is 2. The van der Waals surface area contributed by atoms with Crippen molar-refractivity contribution in [1.82, 2.24) is 10.6 Å².